The second-order valence-electron chi connectivity index (χ2n) is 8.34. The van der Waals surface area contributed by atoms with Crippen molar-refractivity contribution in [2.45, 2.75) is 19.5 Å². The number of benzene rings is 4. The van der Waals surface area contributed by atoms with Gasteiger partial charge in [0.25, 0.3) is 0 Å². The van der Waals surface area contributed by atoms with E-state index in [1.54, 1.807) is 6.34 Å². The van der Waals surface area contributed by atoms with Crippen LogP contribution in [0.1, 0.15) is 24.2 Å². The van der Waals surface area contributed by atoms with Crippen molar-refractivity contribution >= 4 is 17.7 Å². The van der Waals surface area contributed by atoms with Crippen molar-refractivity contribution in [1.82, 2.24) is 5.32 Å². The largest absolute Gasteiger partial charge is 0.494 e. The van der Waals surface area contributed by atoms with Crippen molar-refractivity contribution < 1.29 is 4.74 Å². The lowest BCUT2D eigenvalue weighted by molar-refractivity contribution is 0.340. The standard InChI is InChI=1S/C30H26N4O/c1-2-35-27-14-9-23(10-15-27)22-5-7-24(8-6-22)25-11-16-29-28(19-25)30(33-20-32-29)34-26-12-3-21(4-13-26)17-18-31/h3-16,19-20,30,34H,2,17H2,1H3,(H,32,33). The first-order valence-electron chi connectivity index (χ1n) is 11.7. The lowest BCUT2D eigenvalue weighted by Crippen LogP contribution is -2.29. The summed E-state index contributed by atoms with van der Waals surface area (Å²) in [4.78, 5) is 4.51. The minimum absolute atomic E-state index is 0.104. The molecule has 0 fully saturated rings. The fraction of sp³-hybridized carbons (Fsp3) is 0.133. The Labute approximate surface area is 205 Å². The molecule has 0 spiro atoms. The molecule has 5 rings (SSSR count). The smallest absolute Gasteiger partial charge is 0.126 e. The number of anilines is 1. The number of hydrogen-bond donors (Lipinski definition) is 2. The third-order valence-electron chi connectivity index (χ3n) is 6.05. The number of nitrogens with zero attached hydrogens (tertiary/aromatic N) is 2. The Morgan fingerprint density at radius 1 is 0.857 bits per heavy atom. The van der Waals surface area contributed by atoms with Crippen LogP contribution in [0.4, 0.5) is 11.4 Å². The van der Waals surface area contributed by atoms with Gasteiger partial charge in [0.05, 0.1) is 31.1 Å². The van der Waals surface area contributed by atoms with Gasteiger partial charge in [0.15, 0.2) is 0 Å². The maximum absolute atomic E-state index is 8.89. The zero-order chi connectivity index (χ0) is 24.0. The van der Waals surface area contributed by atoms with Crippen molar-refractivity contribution in [2.24, 2.45) is 4.99 Å². The lowest BCUT2D eigenvalue weighted by Gasteiger charge is -2.25. The van der Waals surface area contributed by atoms with Gasteiger partial charge in [0.2, 0.25) is 0 Å². The maximum atomic E-state index is 8.89. The van der Waals surface area contributed by atoms with E-state index < -0.39 is 0 Å². The second kappa shape index (κ2) is 10.1. The first kappa shape index (κ1) is 22.2. The van der Waals surface area contributed by atoms with Crippen LogP contribution in [0.5, 0.6) is 5.75 Å². The summed E-state index contributed by atoms with van der Waals surface area (Å²) in [5.41, 5.74) is 8.63. The molecule has 0 amide bonds. The van der Waals surface area contributed by atoms with Gasteiger partial charge in [-0.15, -0.1) is 0 Å². The van der Waals surface area contributed by atoms with Gasteiger partial charge < -0.3 is 15.4 Å². The Bertz CT molecular complexity index is 1370. The third kappa shape index (κ3) is 5.02. The van der Waals surface area contributed by atoms with E-state index in [2.05, 4.69) is 76.3 Å². The van der Waals surface area contributed by atoms with Gasteiger partial charge >= 0.3 is 0 Å². The highest BCUT2D eigenvalue weighted by molar-refractivity contribution is 5.76. The van der Waals surface area contributed by atoms with Crippen molar-refractivity contribution in [3.05, 3.63) is 102 Å². The van der Waals surface area contributed by atoms with Crippen LogP contribution in [0, 0.1) is 11.3 Å². The van der Waals surface area contributed by atoms with Crippen molar-refractivity contribution in [2.75, 3.05) is 11.9 Å². The van der Waals surface area contributed by atoms with Crippen LogP contribution in [0.25, 0.3) is 22.3 Å². The Balaban J connectivity index is 1.36. The van der Waals surface area contributed by atoms with Gasteiger partial charge in [-0.2, -0.15) is 5.26 Å². The minimum Gasteiger partial charge on any atom is -0.494 e. The van der Waals surface area contributed by atoms with Crippen LogP contribution in [-0.4, -0.2) is 12.9 Å². The molecular formula is C30H26N4O. The van der Waals surface area contributed by atoms with E-state index in [0.717, 1.165) is 44.9 Å². The molecule has 1 atom stereocenters. The van der Waals surface area contributed by atoms with Gasteiger partial charge in [0, 0.05) is 11.3 Å². The van der Waals surface area contributed by atoms with Gasteiger partial charge in [-0.25, -0.2) is 4.99 Å². The summed E-state index contributed by atoms with van der Waals surface area (Å²) in [6, 6.07) is 33.3. The summed E-state index contributed by atoms with van der Waals surface area (Å²) in [7, 11) is 0. The van der Waals surface area contributed by atoms with E-state index in [9.17, 15) is 0 Å². The highest BCUT2D eigenvalue weighted by Gasteiger charge is 2.18. The van der Waals surface area contributed by atoms with Crippen LogP contribution in [0.15, 0.2) is 96.0 Å². The van der Waals surface area contributed by atoms with Gasteiger partial charge in [-0.3, -0.25) is 0 Å². The molecule has 1 unspecified atom stereocenters. The number of aliphatic imine (C=N–C) groups is 1. The van der Waals surface area contributed by atoms with E-state index in [4.69, 9.17) is 10.00 Å². The SMILES string of the molecule is CCOc1ccc(-c2ccc(-c3ccc4c(c3)C(Nc3ccc(CC#N)cc3)NC=N4)cc2)cc1. The summed E-state index contributed by atoms with van der Waals surface area (Å²) in [6.45, 7) is 2.66. The van der Waals surface area contributed by atoms with Crippen LogP contribution < -0.4 is 15.4 Å². The van der Waals surface area contributed by atoms with Crippen molar-refractivity contribution in [1.29, 1.82) is 5.26 Å². The summed E-state index contributed by atoms with van der Waals surface area (Å²) >= 11 is 0. The molecule has 5 heteroatoms. The van der Waals surface area contributed by atoms with Gasteiger partial charge in [-0.1, -0.05) is 54.6 Å². The molecule has 35 heavy (non-hydrogen) atoms. The number of nitrogens with one attached hydrogen (secondary N) is 2. The molecule has 2 N–H and O–H groups in total. The molecule has 0 radical (unpaired) electrons. The lowest BCUT2D eigenvalue weighted by atomic mass is 9.97. The molecule has 1 aliphatic rings. The molecule has 172 valence electrons. The highest BCUT2D eigenvalue weighted by atomic mass is 16.5. The zero-order valence-corrected chi connectivity index (χ0v) is 19.5. The molecule has 5 nitrogen and oxygen atoms in total. The van der Waals surface area contributed by atoms with Crippen molar-refractivity contribution in [3.63, 3.8) is 0 Å². The molecule has 0 saturated heterocycles. The predicted molar refractivity (Wildman–Crippen MR) is 142 cm³/mol. The molecule has 1 aliphatic heterocycles. The number of rotatable bonds is 7. The van der Waals surface area contributed by atoms with Crippen LogP contribution >= 0.6 is 0 Å². The van der Waals surface area contributed by atoms with Gasteiger partial charge in [-0.05, 0) is 71.1 Å². The van der Waals surface area contributed by atoms with Gasteiger partial charge in [0.1, 0.15) is 11.9 Å². The van der Waals surface area contributed by atoms with Crippen LogP contribution in [-0.2, 0) is 6.42 Å². The molecule has 4 aromatic rings. The summed E-state index contributed by atoms with van der Waals surface area (Å²) in [5, 5.41) is 15.7. The fourth-order valence-electron chi connectivity index (χ4n) is 4.22. The molecule has 4 aromatic carbocycles. The molecule has 0 aliphatic carbocycles. The molecule has 1 heterocycles. The molecule has 0 saturated carbocycles. The summed E-state index contributed by atoms with van der Waals surface area (Å²) in [5.74, 6) is 0.888. The number of fused-ring (bicyclic) bond motifs is 1. The normalized spacial score (nSPS) is 13.9. The maximum Gasteiger partial charge on any atom is 0.126 e. The zero-order valence-electron chi connectivity index (χ0n) is 19.5. The predicted octanol–water partition coefficient (Wildman–Crippen LogP) is 6.86. The van der Waals surface area contributed by atoms with Crippen LogP contribution in [0.2, 0.25) is 0 Å². The monoisotopic (exact) mass is 458 g/mol. The van der Waals surface area contributed by atoms with E-state index in [-0.39, 0.29) is 6.17 Å². The quantitative estimate of drug-likeness (QED) is 0.317. The highest BCUT2D eigenvalue weighted by Crippen LogP contribution is 2.34. The summed E-state index contributed by atoms with van der Waals surface area (Å²) < 4.78 is 5.55. The minimum atomic E-state index is -0.104. The van der Waals surface area contributed by atoms with E-state index in [1.165, 1.54) is 5.56 Å². The number of hydrogen-bond acceptors (Lipinski definition) is 5. The Morgan fingerprint density at radius 3 is 2.14 bits per heavy atom. The Hall–Kier alpha value is -4.56. The first-order valence-corrected chi connectivity index (χ1v) is 11.7. The number of nitriles is 1. The Morgan fingerprint density at radius 2 is 1.49 bits per heavy atom. The third-order valence-corrected chi connectivity index (χ3v) is 6.05. The average Bonchev–Trinajstić information content (AvgIpc) is 2.91. The topological polar surface area (TPSA) is 69.4 Å². The average molecular weight is 459 g/mol. The van der Waals surface area contributed by atoms with E-state index in [1.807, 2.05) is 43.3 Å². The molecular weight excluding hydrogens is 432 g/mol. The van der Waals surface area contributed by atoms with E-state index >= 15 is 0 Å². The van der Waals surface area contributed by atoms with E-state index in [0.29, 0.717) is 13.0 Å². The van der Waals surface area contributed by atoms with Crippen LogP contribution in [0.3, 0.4) is 0 Å². The first-order chi connectivity index (χ1) is 17.2. The molecule has 0 aromatic heterocycles. The number of ether oxygens (including phenoxy) is 1. The van der Waals surface area contributed by atoms with Crippen molar-refractivity contribution in [3.8, 4) is 34.1 Å². The summed E-state index contributed by atoms with van der Waals surface area (Å²) in [6.07, 6.45) is 2.04. The molecule has 0 bridgehead atoms. The second-order valence-corrected chi connectivity index (χ2v) is 8.34. The fourth-order valence-corrected chi connectivity index (χ4v) is 4.22. The Kier molecular flexibility index (Phi) is 6.45.